The molecule has 12 rings (SSSR count). The highest BCUT2D eigenvalue weighted by Crippen LogP contribution is 2.22. The molecule has 0 bridgehead atoms. The van der Waals surface area contributed by atoms with Crippen molar-refractivity contribution in [2.75, 3.05) is 52.9 Å². The highest BCUT2D eigenvalue weighted by atomic mass is 32.1. The van der Waals surface area contributed by atoms with Gasteiger partial charge in [-0.05, 0) is 270 Å². The second-order valence-electron chi connectivity index (χ2n) is 30.7. The van der Waals surface area contributed by atoms with Gasteiger partial charge in [-0.25, -0.2) is 73.6 Å². The molecule has 0 N–H and O–H groups in total. The first kappa shape index (κ1) is 112. The fraction of sp³-hybridized carbons (Fsp3) is 0.239. The number of aryl methyl sites for hydroxylation is 3. The number of imidazole rings is 2. The standard InChI is InChI=1S/C37H37N3O7.C29H29N3O3.C26H22N2O3S.C25H21N3O3S/c1-6-28-23-30(17-20-34-39-32(25-46-36(42)8-3)33(40(34)5)26-47-37(43)9-4)38-24-29(28)16-13-27-14-18-31(19-15-27)44-21-11-10-12-22-45-35(41)7-2;1-4-24-21-26(13-16-28-30-17-18-32(28)3)31-22-25(24)12-9-23-10-14-27(15-11-23)34-19-7-6-8-20-35-29(33)5-2;1-2-26(29)31-18-5-3-4-17-30-24-13-8-21(9-14-24)6-11-23-12-7-22(20-28-23)10-15-25-27-16-19-32-25;1-2-25(29)31-16-5-3-4-15-30-22-10-8-20(9-11-22)6-7-21-18-27-23(28-19-21)12-13-24-26-14-17-32-24/h7-9,14-15,18-19,23-24H,2-4,6,10-12,21-22,25-26H2,1,5H3;5,10-11,14-15,17-18,21-22H,2,4,6-8,19-20H2,1,3H3;2,7-9,12-14,16,19-20H,1,3-5,17-18H2;2,8-11,14,17-19H,1,3-5,15-16H2. The number of thiazole rings is 2. The molecular weight excluding hydrogens is 1880 g/mol. The number of carbonyl (C=O) groups is 6. The van der Waals surface area contributed by atoms with E-state index < -0.39 is 17.9 Å². The van der Waals surface area contributed by atoms with Gasteiger partial charge in [0.15, 0.2) is 21.7 Å². The Morgan fingerprint density at radius 3 is 1.04 bits per heavy atom. The number of ether oxygens (including phenoxy) is 10. The molecule has 0 saturated heterocycles. The third-order valence-electron chi connectivity index (χ3n) is 20.0. The van der Waals surface area contributed by atoms with Gasteiger partial charge in [-0.1, -0.05) is 101 Å². The van der Waals surface area contributed by atoms with Crippen LogP contribution in [0, 0.1) is 94.7 Å². The van der Waals surface area contributed by atoms with Crippen LogP contribution in [0.5, 0.6) is 23.0 Å². The lowest BCUT2D eigenvalue weighted by molar-refractivity contribution is -0.140. The first-order chi connectivity index (χ1) is 71.3. The number of nitrogens with zero attached hydrogens (tertiary/aromatic N) is 11. The molecular formula is C117H109N11O16S2. The summed E-state index contributed by atoms with van der Waals surface area (Å²) < 4.78 is 56.7. The topological polar surface area (TPSA) is 321 Å². The summed E-state index contributed by atoms with van der Waals surface area (Å²) in [6, 6.07) is 38.2. The Morgan fingerprint density at radius 2 is 0.664 bits per heavy atom. The van der Waals surface area contributed by atoms with Gasteiger partial charge < -0.3 is 56.5 Å². The van der Waals surface area contributed by atoms with Crippen molar-refractivity contribution in [3.63, 3.8) is 0 Å². The van der Waals surface area contributed by atoms with Crippen molar-refractivity contribution >= 4 is 58.5 Å². The summed E-state index contributed by atoms with van der Waals surface area (Å²) in [5.74, 6) is 51.1. The zero-order chi connectivity index (χ0) is 104. The summed E-state index contributed by atoms with van der Waals surface area (Å²) in [6.45, 7) is 28.1. The molecule has 0 radical (unpaired) electrons. The van der Waals surface area contributed by atoms with Crippen molar-refractivity contribution in [3.8, 4) is 118 Å². The van der Waals surface area contributed by atoms with Crippen molar-refractivity contribution in [2.24, 2.45) is 14.1 Å². The molecule has 8 heterocycles. The number of rotatable bonds is 40. The lowest BCUT2D eigenvalue weighted by Crippen LogP contribution is -2.09. The molecule has 12 aromatic rings. The van der Waals surface area contributed by atoms with Gasteiger partial charge in [0.25, 0.3) is 0 Å². The van der Waals surface area contributed by atoms with Gasteiger partial charge in [-0.15, -0.1) is 22.7 Å². The van der Waals surface area contributed by atoms with Crippen LogP contribution in [-0.4, -0.2) is 143 Å². The summed E-state index contributed by atoms with van der Waals surface area (Å²) >= 11 is 2.98. The van der Waals surface area contributed by atoms with Crippen LogP contribution in [0.3, 0.4) is 0 Å². The summed E-state index contributed by atoms with van der Waals surface area (Å²) in [6.07, 6.45) is 34.3. The smallest absolute Gasteiger partial charge is 0.330 e. The number of benzene rings is 4. The molecule has 146 heavy (non-hydrogen) atoms. The van der Waals surface area contributed by atoms with Crippen LogP contribution < -0.4 is 18.9 Å². The molecule has 0 aliphatic rings. The third kappa shape index (κ3) is 43.0. The second kappa shape index (κ2) is 65.1. The molecule has 8 aromatic heterocycles. The van der Waals surface area contributed by atoms with Gasteiger partial charge in [-0.2, -0.15) is 0 Å². The monoisotopic (exact) mass is 1990 g/mol. The molecule has 0 saturated carbocycles. The number of aromatic nitrogens is 11. The minimum Gasteiger partial charge on any atom is -0.494 e. The SMILES string of the molecule is C=CC(=O)OCCCCCOc1ccc(C#Cc2ccc(C#Cc3nccs3)cn2)cc1.C=CC(=O)OCCCCCOc1ccc(C#Cc2cnc(C#Cc3nc(COC(=O)C=C)c(COC(=O)C=C)n3C)cc2CC)cc1.C=CC(=O)OCCCCCOc1ccc(C#Cc2cnc(C#Cc3nccn3C)cc2CC)cc1.C=CC(=O)OCCCCCOc1ccc(C#Cc2cnc(C#Cc3nccs3)nc2)cc1. The van der Waals surface area contributed by atoms with E-state index in [4.69, 9.17) is 47.4 Å². The van der Waals surface area contributed by atoms with E-state index in [1.165, 1.54) is 40.9 Å². The maximum absolute atomic E-state index is 11.6. The third-order valence-corrected chi connectivity index (χ3v) is 21.4. The number of carbonyl (C=O) groups excluding carboxylic acids is 6. The highest BCUT2D eigenvalue weighted by molar-refractivity contribution is 7.10. The van der Waals surface area contributed by atoms with E-state index in [1.807, 2.05) is 157 Å². The number of esters is 6. The molecule has 0 aliphatic carbocycles. The van der Waals surface area contributed by atoms with Crippen LogP contribution in [0.25, 0.3) is 0 Å². The van der Waals surface area contributed by atoms with Gasteiger partial charge in [0.05, 0.1) is 64.1 Å². The normalized spacial score (nSPS) is 9.78. The van der Waals surface area contributed by atoms with Crippen LogP contribution in [0.4, 0.5) is 0 Å². The molecule has 0 spiro atoms. The van der Waals surface area contributed by atoms with E-state index in [0.717, 1.165) is 191 Å². The minimum absolute atomic E-state index is 0.101. The average molecular weight is 1990 g/mol. The van der Waals surface area contributed by atoms with Crippen LogP contribution in [0.15, 0.2) is 264 Å². The van der Waals surface area contributed by atoms with E-state index in [2.05, 4.69) is 186 Å². The molecule has 0 fully saturated rings. The number of hydrogen-bond donors (Lipinski definition) is 0. The zero-order valence-corrected chi connectivity index (χ0v) is 83.5. The second-order valence-corrected chi connectivity index (χ2v) is 32.4. The lowest BCUT2D eigenvalue weighted by atomic mass is 10.1. The maximum Gasteiger partial charge on any atom is 0.330 e. The largest absolute Gasteiger partial charge is 0.494 e. The Balaban J connectivity index is 0.000000219. The van der Waals surface area contributed by atoms with Crippen molar-refractivity contribution in [2.45, 2.75) is 117 Å². The molecule has 0 atom stereocenters. The fourth-order valence-electron chi connectivity index (χ4n) is 12.2. The van der Waals surface area contributed by atoms with Crippen LogP contribution in [-0.2, 0) is 97.3 Å². The van der Waals surface area contributed by atoms with Crippen molar-refractivity contribution in [1.82, 2.24) is 54.0 Å². The fourth-order valence-corrected chi connectivity index (χ4v) is 13.1. The summed E-state index contributed by atoms with van der Waals surface area (Å²) in [5, 5.41) is 5.29. The summed E-state index contributed by atoms with van der Waals surface area (Å²) in [5.41, 5.74) is 11.7. The Labute approximate surface area is 860 Å². The first-order valence-corrected chi connectivity index (χ1v) is 48.5. The van der Waals surface area contributed by atoms with Gasteiger partial charge in [-0.3, -0.25) is 0 Å². The van der Waals surface area contributed by atoms with Crippen molar-refractivity contribution in [1.29, 1.82) is 0 Å². The Kier molecular flexibility index (Phi) is 49.8. The highest BCUT2D eigenvalue weighted by Gasteiger charge is 2.18. The first-order valence-electron chi connectivity index (χ1n) is 46.7. The molecule has 740 valence electrons. The zero-order valence-electron chi connectivity index (χ0n) is 81.8. The molecule has 29 heteroatoms. The Hall–Kier alpha value is -18.0. The molecule has 0 aliphatic heterocycles. The Morgan fingerprint density at radius 1 is 0.322 bits per heavy atom. The molecule has 4 aromatic carbocycles. The number of pyridine rings is 3. The van der Waals surface area contributed by atoms with E-state index >= 15 is 0 Å². The molecule has 0 unspecified atom stereocenters. The molecule has 0 amide bonds. The van der Waals surface area contributed by atoms with E-state index in [0.29, 0.717) is 104 Å². The van der Waals surface area contributed by atoms with E-state index in [-0.39, 0.29) is 31.1 Å². The minimum atomic E-state index is -0.604. The van der Waals surface area contributed by atoms with Crippen molar-refractivity contribution < 1.29 is 76.1 Å². The van der Waals surface area contributed by atoms with Gasteiger partial charge >= 0.3 is 35.8 Å². The number of hydrogen-bond acceptors (Lipinski definition) is 27. The van der Waals surface area contributed by atoms with Crippen LogP contribution >= 0.6 is 22.7 Å². The average Bonchev–Trinajstić information content (AvgIpc) is 1.68. The van der Waals surface area contributed by atoms with Gasteiger partial charge in [0.2, 0.25) is 5.82 Å². The predicted octanol–water partition coefficient (Wildman–Crippen LogP) is 18.0. The van der Waals surface area contributed by atoms with E-state index in [9.17, 15) is 28.8 Å². The van der Waals surface area contributed by atoms with Crippen molar-refractivity contribution in [3.05, 3.63) is 375 Å². The van der Waals surface area contributed by atoms with Gasteiger partial charge in [0, 0.05) is 156 Å². The van der Waals surface area contributed by atoms with E-state index in [1.54, 1.807) is 61.2 Å². The lowest BCUT2D eigenvalue weighted by Gasteiger charge is -2.07. The Bertz CT molecular complexity index is 6730. The van der Waals surface area contributed by atoms with Crippen LogP contribution in [0.2, 0.25) is 0 Å². The quantitative estimate of drug-likeness (QED) is 0.0113. The molecule has 27 nitrogen and oxygen atoms in total. The van der Waals surface area contributed by atoms with Gasteiger partial charge in [0.1, 0.15) is 59.0 Å². The maximum atomic E-state index is 11.6. The van der Waals surface area contributed by atoms with Crippen LogP contribution in [0.1, 0.15) is 202 Å². The predicted molar refractivity (Wildman–Crippen MR) is 560 cm³/mol. The number of unbranched alkanes of at least 4 members (excludes halogenated alkanes) is 8. The summed E-state index contributed by atoms with van der Waals surface area (Å²) in [7, 11) is 3.64. The summed E-state index contributed by atoms with van der Waals surface area (Å²) in [4.78, 5) is 106.